The fraction of sp³-hybridized carbons (Fsp3) is 0.238. The minimum Gasteiger partial charge on any atom is -0.508 e. The lowest BCUT2D eigenvalue weighted by atomic mass is 9.85. The lowest BCUT2D eigenvalue weighted by Gasteiger charge is -2.20. The third-order valence-corrected chi connectivity index (χ3v) is 4.42. The van der Waals surface area contributed by atoms with Crippen LogP contribution in [0.3, 0.4) is 0 Å². The predicted octanol–water partition coefficient (Wildman–Crippen LogP) is 4.54. The molecule has 1 heterocycles. The molecule has 8 nitrogen and oxygen atoms in total. The summed E-state index contributed by atoms with van der Waals surface area (Å²) in [4.78, 5) is 11.1. The third-order valence-electron chi connectivity index (χ3n) is 4.42. The maximum Gasteiger partial charge on any atom is 0.335 e. The van der Waals surface area contributed by atoms with E-state index in [9.17, 15) is 15.2 Å². The molecule has 3 rings (SSSR count). The summed E-state index contributed by atoms with van der Waals surface area (Å²) < 4.78 is 1.46. The molecule has 0 saturated carbocycles. The Kier molecular flexibility index (Phi) is 5.36. The van der Waals surface area contributed by atoms with E-state index in [-0.39, 0.29) is 28.4 Å². The second-order valence-electron chi connectivity index (χ2n) is 7.68. The highest BCUT2D eigenvalue weighted by Gasteiger charge is 2.26. The topological polar surface area (TPSA) is 106 Å². The summed E-state index contributed by atoms with van der Waals surface area (Å²) in [6.07, 6.45) is 1.55. The van der Waals surface area contributed by atoms with Crippen molar-refractivity contribution in [3.05, 3.63) is 75.5 Å². The minimum atomic E-state index is -0.474. The van der Waals surface area contributed by atoms with Gasteiger partial charge in [0.15, 0.2) is 0 Å². The highest BCUT2D eigenvalue weighted by atomic mass is 16.6. The Bertz CT molecular complexity index is 1070. The number of phenols is 1. The molecule has 0 aliphatic rings. The molecule has 2 N–H and O–H groups in total. The van der Waals surface area contributed by atoms with Gasteiger partial charge in [-0.05, 0) is 53.8 Å². The molecule has 0 atom stereocenters. The van der Waals surface area contributed by atoms with Crippen LogP contribution >= 0.6 is 0 Å². The number of aromatic nitrogens is 2. The first-order valence-corrected chi connectivity index (χ1v) is 9.10. The van der Waals surface area contributed by atoms with Crippen molar-refractivity contribution in [3.63, 3.8) is 0 Å². The number of aromatic hydroxyl groups is 1. The summed E-state index contributed by atoms with van der Waals surface area (Å²) in [6, 6.07) is 14.3. The van der Waals surface area contributed by atoms with Crippen LogP contribution in [0.25, 0.3) is 5.69 Å². The van der Waals surface area contributed by atoms with Crippen LogP contribution in [0.15, 0.2) is 53.6 Å². The number of para-hydroxylation sites is 1. The van der Waals surface area contributed by atoms with E-state index < -0.39 is 4.92 Å². The molecular weight excluding hydrogens is 370 g/mol. The zero-order chi connectivity index (χ0) is 21.2. The number of benzene rings is 2. The van der Waals surface area contributed by atoms with E-state index in [4.69, 9.17) is 0 Å². The number of phenolic OH excluding ortho intramolecular Hbond substituents is 1. The van der Waals surface area contributed by atoms with Gasteiger partial charge in [-0.3, -0.25) is 15.5 Å². The van der Waals surface area contributed by atoms with Gasteiger partial charge >= 0.3 is 5.69 Å². The zero-order valence-corrected chi connectivity index (χ0v) is 16.7. The highest BCUT2D eigenvalue weighted by molar-refractivity contribution is 5.81. The van der Waals surface area contributed by atoms with E-state index in [1.165, 1.54) is 4.68 Å². The second-order valence-corrected chi connectivity index (χ2v) is 7.68. The second kappa shape index (κ2) is 7.75. The summed E-state index contributed by atoms with van der Waals surface area (Å²) >= 11 is 0. The Hall–Kier alpha value is -3.68. The maximum absolute atomic E-state index is 11.5. The largest absolute Gasteiger partial charge is 0.508 e. The van der Waals surface area contributed by atoms with Crippen molar-refractivity contribution < 1.29 is 10.0 Å². The van der Waals surface area contributed by atoms with E-state index in [0.717, 1.165) is 11.1 Å². The van der Waals surface area contributed by atoms with Crippen LogP contribution in [-0.4, -0.2) is 26.0 Å². The maximum atomic E-state index is 11.5. The number of nitro groups is 1. The first kappa shape index (κ1) is 20.1. The quantitative estimate of drug-likeness (QED) is 0.376. The molecule has 0 bridgehead atoms. The van der Waals surface area contributed by atoms with E-state index in [1.54, 1.807) is 37.4 Å². The van der Waals surface area contributed by atoms with Crippen LogP contribution in [0, 0.1) is 17.0 Å². The number of nitrogens with zero attached hydrogens (tertiary/aromatic N) is 4. The number of nitrogens with one attached hydrogen (secondary N) is 1. The third kappa shape index (κ3) is 4.26. The van der Waals surface area contributed by atoms with Gasteiger partial charge in [0, 0.05) is 0 Å². The lowest BCUT2D eigenvalue weighted by Crippen LogP contribution is -2.11. The normalized spacial score (nSPS) is 11.7. The Morgan fingerprint density at radius 2 is 1.90 bits per heavy atom. The molecule has 0 unspecified atom stereocenters. The molecule has 2 aromatic carbocycles. The number of rotatable bonds is 5. The van der Waals surface area contributed by atoms with Crippen molar-refractivity contribution in [1.29, 1.82) is 0 Å². The van der Waals surface area contributed by atoms with Crippen molar-refractivity contribution >= 4 is 17.7 Å². The summed E-state index contributed by atoms with van der Waals surface area (Å²) in [5, 5.41) is 30.1. The molecule has 150 valence electrons. The molecule has 0 aliphatic heterocycles. The number of hydrazone groups is 1. The van der Waals surface area contributed by atoms with Crippen molar-refractivity contribution in [2.75, 3.05) is 5.43 Å². The van der Waals surface area contributed by atoms with E-state index in [1.807, 2.05) is 45.0 Å². The number of hydrogen-bond donors (Lipinski definition) is 2. The first-order valence-electron chi connectivity index (χ1n) is 9.10. The van der Waals surface area contributed by atoms with Crippen molar-refractivity contribution in [1.82, 2.24) is 9.78 Å². The van der Waals surface area contributed by atoms with Crippen molar-refractivity contribution in [2.45, 2.75) is 33.1 Å². The zero-order valence-electron chi connectivity index (χ0n) is 16.7. The molecular formula is C21H23N5O3. The average Bonchev–Trinajstić information content (AvgIpc) is 2.99. The minimum absolute atomic E-state index is 0.132. The van der Waals surface area contributed by atoms with Gasteiger partial charge in [-0.25, -0.2) is 4.68 Å². The molecule has 0 fully saturated rings. The van der Waals surface area contributed by atoms with Gasteiger partial charge in [-0.1, -0.05) is 39.0 Å². The van der Waals surface area contributed by atoms with Crippen molar-refractivity contribution in [2.24, 2.45) is 5.10 Å². The number of aryl methyl sites for hydroxylation is 1. The van der Waals surface area contributed by atoms with Gasteiger partial charge in [0.05, 0.1) is 16.8 Å². The Morgan fingerprint density at radius 1 is 1.21 bits per heavy atom. The van der Waals surface area contributed by atoms with E-state index in [0.29, 0.717) is 5.69 Å². The Balaban J connectivity index is 1.96. The molecule has 0 saturated heterocycles. The average molecular weight is 393 g/mol. The molecule has 0 amide bonds. The SMILES string of the molecule is Cc1nn(-c2ccccc2)c(N/N=C/c2ccc(O)c(C(C)(C)C)c2)c1[N+](=O)[O-]. The smallest absolute Gasteiger partial charge is 0.335 e. The van der Waals surface area contributed by atoms with Gasteiger partial charge < -0.3 is 5.11 Å². The van der Waals surface area contributed by atoms with Gasteiger partial charge in [-0.15, -0.1) is 0 Å². The van der Waals surface area contributed by atoms with E-state index in [2.05, 4.69) is 15.6 Å². The fourth-order valence-electron chi connectivity index (χ4n) is 3.00. The lowest BCUT2D eigenvalue weighted by molar-refractivity contribution is -0.384. The molecule has 1 aromatic heterocycles. The summed E-state index contributed by atoms with van der Waals surface area (Å²) in [6.45, 7) is 7.60. The van der Waals surface area contributed by atoms with Crippen LogP contribution in [-0.2, 0) is 5.41 Å². The molecule has 0 spiro atoms. The van der Waals surface area contributed by atoms with Crippen LogP contribution in [0.5, 0.6) is 5.75 Å². The molecule has 3 aromatic rings. The number of hydrogen-bond acceptors (Lipinski definition) is 6. The van der Waals surface area contributed by atoms with Crippen LogP contribution in [0.4, 0.5) is 11.5 Å². The van der Waals surface area contributed by atoms with Crippen LogP contribution in [0.2, 0.25) is 0 Å². The Labute approximate surface area is 168 Å². The molecule has 0 aliphatic carbocycles. The first-order chi connectivity index (χ1) is 13.7. The molecule has 29 heavy (non-hydrogen) atoms. The van der Waals surface area contributed by atoms with Gasteiger partial charge in [0.1, 0.15) is 11.4 Å². The summed E-state index contributed by atoms with van der Waals surface area (Å²) in [7, 11) is 0. The summed E-state index contributed by atoms with van der Waals surface area (Å²) in [5.74, 6) is 0.390. The number of anilines is 1. The van der Waals surface area contributed by atoms with E-state index >= 15 is 0 Å². The monoisotopic (exact) mass is 393 g/mol. The van der Waals surface area contributed by atoms with Gasteiger partial charge in [0.25, 0.3) is 0 Å². The fourth-order valence-corrected chi connectivity index (χ4v) is 3.00. The standard InChI is InChI=1S/C21H23N5O3/c1-14-19(26(28)29)20(25(24-14)16-8-6-5-7-9-16)23-22-13-15-10-11-18(27)17(12-15)21(2,3)4/h5-13,23,27H,1-4H3/b22-13+. The van der Waals surface area contributed by atoms with Gasteiger partial charge in [0.2, 0.25) is 5.82 Å². The van der Waals surface area contributed by atoms with Crippen LogP contribution < -0.4 is 5.43 Å². The Morgan fingerprint density at radius 3 is 2.52 bits per heavy atom. The summed E-state index contributed by atoms with van der Waals surface area (Å²) in [5.41, 5.74) is 4.92. The van der Waals surface area contributed by atoms with Crippen LogP contribution in [0.1, 0.15) is 37.6 Å². The molecule has 0 radical (unpaired) electrons. The highest BCUT2D eigenvalue weighted by Crippen LogP contribution is 2.32. The predicted molar refractivity (Wildman–Crippen MR) is 113 cm³/mol. The molecule has 8 heteroatoms. The van der Waals surface area contributed by atoms with Crippen molar-refractivity contribution in [3.8, 4) is 11.4 Å². The van der Waals surface area contributed by atoms with Gasteiger partial charge in [-0.2, -0.15) is 10.2 Å².